The normalized spacial score (nSPS) is 32.5. The summed E-state index contributed by atoms with van der Waals surface area (Å²) in [4.78, 5) is 9.53. The molecule has 1 aliphatic rings. The van der Waals surface area contributed by atoms with Crippen molar-refractivity contribution in [1.82, 2.24) is 0 Å². The van der Waals surface area contributed by atoms with Gasteiger partial charge in [-0.2, -0.15) is 0 Å². The van der Waals surface area contributed by atoms with Crippen molar-refractivity contribution in [3.8, 4) is 0 Å². The molecular weight excluding hydrogens is 132 g/mol. The van der Waals surface area contributed by atoms with E-state index in [9.17, 15) is 5.11 Å². The first kappa shape index (κ1) is 7.72. The summed E-state index contributed by atoms with van der Waals surface area (Å²) in [5, 5.41) is 10.3. The average molecular weight is 143 g/mol. The zero-order valence-corrected chi connectivity index (χ0v) is 5.79. The summed E-state index contributed by atoms with van der Waals surface area (Å²) in [5.41, 5.74) is 0. The smallest absolute Gasteiger partial charge is 0.122 e. The van der Waals surface area contributed by atoms with E-state index >= 15 is 0 Å². The van der Waals surface area contributed by atoms with Crippen LogP contribution in [0.1, 0.15) is 12.8 Å². The summed E-state index contributed by atoms with van der Waals surface area (Å²) in [6.45, 7) is 3.35. The van der Waals surface area contributed by atoms with Crippen LogP contribution in [0.5, 0.6) is 0 Å². The third kappa shape index (κ3) is 1.80. The van der Waals surface area contributed by atoms with Crippen LogP contribution < -0.4 is 0 Å². The first-order chi connectivity index (χ1) is 4.86. The van der Waals surface area contributed by atoms with Crippen LogP contribution in [-0.4, -0.2) is 18.8 Å². The van der Waals surface area contributed by atoms with E-state index in [0.29, 0.717) is 6.42 Å². The Bertz CT molecular complexity index is 113. The molecule has 10 heavy (non-hydrogen) atoms. The summed E-state index contributed by atoms with van der Waals surface area (Å²) in [5.74, 6) is 0. The molecule has 1 saturated heterocycles. The van der Waals surface area contributed by atoms with Gasteiger partial charge in [0.15, 0.2) is 0 Å². The Balaban J connectivity index is 2.21. The maximum atomic E-state index is 10.3. The molecule has 1 rings (SSSR count). The molecule has 0 aromatic heterocycles. The highest BCUT2D eigenvalue weighted by Crippen LogP contribution is 2.18. The fourth-order valence-electron chi connectivity index (χ4n) is 0.946. The monoisotopic (exact) mass is 143 g/mol. The second-order valence-corrected chi connectivity index (χ2v) is 2.36. The highest BCUT2D eigenvalue weighted by molar-refractivity contribution is 4.77. The molecule has 0 bridgehead atoms. The summed E-state index contributed by atoms with van der Waals surface area (Å²) < 4.78 is 0. The quantitative estimate of drug-likeness (QED) is 0.438. The molecular formula is C7H11O3. The summed E-state index contributed by atoms with van der Waals surface area (Å²) >= 11 is 0. The van der Waals surface area contributed by atoms with Crippen molar-refractivity contribution in [2.45, 2.75) is 25.0 Å². The van der Waals surface area contributed by atoms with Crippen molar-refractivity contribution < 1.29 is 14.9 Å². The van der Waals surface area contributed by atoms with Gasteiger partial charge in [0.05, 0.1) is 6.10 Å². The molecule has 57 valence electrons. The molecule has 0 N–H and O–H groups in total. The maximum absolute atomic E-state index is 10.3. The van der Waals surface area contributed by atoms with E-state index < -0.39 is 0 Å². The van der Waals surface area contributed by atoms with Gasteiger partial charge in [-0.15, -0.1) is 6.58 Å². The van der Waals surface area contributed by atoms with Crippen LogP contribution in [0.2, 0.25) is 0 Å². The lowest BCUT2D eigenvalue weighted by molar-refractivity contribution is -0.301. The van der Waals surface area contributed by atoms with E-state index in [1.807, 2.05) is 0 Å². The molecule has 1 radical (unpaired) electrons. The fourth-order valence-corrected chi connectivity index (χ4v) is 0.946. The lowest BCUT2D eigenvalue weighted by Crippen LogP contribution is -2.09. The van der Waals surface area contributed by atoms with E-state index in [1.165, 1.54) is 0 Å². The Labute approximate surface area is 60.2 Å². The molecule has 0 amide bonds. The maximum Gasteiger partial charge on any atom is 0.122 e. The Morgan fingerprint density at radius 2 is 2.20 bits per heavy atom. The van der Waals surface area contributed by atoms with Gasteiger partial charge in [-0.25, -0.2) is 14.9 Å². The van der Waals surface area contributed by atoms with Gasteiger partial charge < -0.3 is 0 Å². The second kappa shape index (κ2) is 3.71. The summed E-state index contributed by atoms with van der Waals surface area (Å²) in [6.07, 6.45) is 3.04. The Morgan fingerprint density at radius 3 is 2.70 bits per heavy atom. The van der Waals surface area contributed by atoms with E-state index in [1.54, 1.807) is 6.08 Å². The molecule has 0 aliphatic carbocycles. The van der Waals surface area contributed by atoms with Crippen LogP contribution in [0.25, 0.3) is 0 Å². The van der Waals surface area contributed by atoms with Crippen LogP contribution in [0.15, 0.2) is 12.7 Å². The highest BCUT2D eigenvalue weighted by atomic mass is 17.2. The van der Waals surface area contributed by atoms with Crippen LogP contribution in [-0.2, 0) is 14.9 Å². The fraction of sp³-hybridized carbons (Fsp3) is 0.714. The first-order valence-electron chi connectivity index (χ1n) is 3.38. The standard InChI is InChI=1S/C7H11O3/c1-2-3-6-4-7(5-8)10-9-6/h2,6-7H,1,3-5H2. The van der Waals surface area contributed by atoms with E-state index in [-0.39, 0.29) is 18.8 Å². The van der Waals surface area contributed by atoms with Crippen LogP contribution in [0, 0.1) is 0 Å². The van der Waals surface area contributed by atoms with Crippen molar-refractivity contribution in [3.05, 3.63) is 12.7 Å². The number of hydrogen-bond acceptors (Lipinski definition) is 2. The predicted molar refractivity (Wildman–Crippen MR) is 34.7 cm³/mol. The van der Waals surface area contributed by atoms with E-state index in [2.05, 4.69) is 6.58 Å². The zero-order chi connectivity index (χ0) is 7.40. The van der Waals surface area contributed by atoms with Gasteiger partial charge in [0.25, 0.3) is 0 Å². The minimum atomic E-state index is -0.245. The largest absolute Gasteiger partial charge is 0.234 e. The molecule has 1 aliphatic heterocycles. The molecule has 0 aromatic rings. The van der Waals surface area contributed by atoms with Gasteiger partial charge in [-0.05, 0) is 6.42 Å². The molecule has 1 heterocycles. The topological polar surface area (TPSA) is 38.4 Å². The van der Waals surface area contributed by atoms with Gasteiger partial charge in [0.1, 0.15) is 12.7 Å². The SMILES string of the molecule is C=CCC1CC(C[O])OO1. The molecule has 3 heteroatoms. The highest BCUT2D eigenvalue weighted by Gasteiger charge is 2.25. The Hall–Kier alpha value is -0.380. The molecule has 1 fully saturated rings. The average Bonchev–Trinajstić information content (AvgIpc) is 2.37. The molecule has 0 spiro atoms. The summed E-state index contributed by atoms with van der Waals surface area (Å²) in [7, 11) is 0. The minimum Gasteiger partial charge on any atom is -0.234 e. The minimum absolute atomic E-state index is 0.0523. The zero-order valence-electron chi connectivity index (χ0n) is 5.79. The van der Waals surface area contributed by atoms with Crippen molar-refractivity contribution in [1.29, 1.82) is 0 Å². The van der Waals surface area contributed by atoms with Crippen molar-refractivity contribution in [2.24, 2.45) is 0 Å². The van der Waals surface area contributed by atoms with Gasteiger partial charge in [-0.1, -0.05) is 6.08 Å². The van der Waals surface area contributed by atoms with E-state index in [4.69, 9.17) is 9.78 Å². The third-order valence-corrected chi connectivity index (χ3v) is 1.47. The van der Waals surface area contributed by atoms with Gasteiger partial charge >= 0.3 is 0 Å². The predicted octanol–water partition coefficient (Wildman–Crippen LogP) is 1.08. The van der Waals surface area contributed by atoms with E-state index in [0.717, 1.165) is 6.42 Å². The molecule has 2 unspecified atom stereocenters. The number of rotatable bonds is 3. The van der Waals surface area contributed by atoms with Gasteiger partial charge in [0, 0.05) is 6.42 Å². The molecule has 0 saturated carbocycles. The summed E-state index contributed by atoms with van der Waals surface area (Å²) in [6, 6.07) is 0. The Kier molecular flexibility index (Phi) is 2.86. The van der Waals surface area contributed by atoms with Crippen LogP contribution in [0.3, 0.4) is 0 Å². The molecule has 3 nitrogen and oxygen atoms in total. The van der Waals surface area contributed by atoms with Crippen molar-refractivity contribution in [3.63, 3.8) is 0 Å². The third-order valence-electron chi connectivity index (χ3n) is 1.47. The Morgan fingerprint density at radius 1 is 1.50 bits per heavy atom. The van der Waals surface area contributed by atoms with Crippen molar-refractivity contribution in [2.75, 3.05) is 6.61 Å². The molecule has 0 aromatic carbocycles. The second-order valence-electron chi connectivity index (χ2n) is 2.36. The molecule has 2 atom stereocenters. The van der Waals surface area contributed by atoms with Gasteiger partial charge in [-0.3, -0.25) is 0 Å². The van der Waals surface area contributed by atoms with Gasteiger partial charge in [0.2, 0.25) is 0 Å². The number of hydrogen-bond donors (Lipinski definition) is 0. The lowest BCUT2D eigenvalue weighted by atomic mass is 10.1. The van der Waals surface area contributed by atoms with Crippen molar-refractivity contribution >= 4 is 0 Å². The lowest BCUT2D eigenvalue weighted by Gasteiger charge is -1.98. The van der Waals surface area contributed by atoms with Crippen LogP contribution >= 0.6 is 0 Å². The first-order valence-corrected chi connectivity index (χ1v) is 3.38. The van der Waals surface area contributed by atoms with Crippen LogP contribution in [0.4, 0.5) is 0 Å².